The van der Waals surface area contributed by atoms with E-state index < -0.39 is 0 Å². The third-order valence-corrected chi connectivity index (χ3v) is 2.87. The Morgan fingerprint density at radius 1 is 1.47 bits per heavy atom. The molecule has 0 aliphatic heterocycles. The molecule has 0 aliphatic rings. The van der Waals surface area contributed by atoms with Crippen molar-refractivity contribution in [2.45, 2.75) is 19.4 Å². The smallest absolute Gasteiger partial charge is 0.0637 e. The maximum absolute atomic E-state index is 6.04. The highest BCUT2D eigenvalue weighted by molar-refractivity contribution is 6.30. The van der Waals surface area contributed by atoms with Gasteiger partial charge in [-0.1, -0.05) is 17.7 Å². The molecule has 0 fully saturated rings. The minimum absolute atomic E-state index is 0.144. The molecule has 0 aromatic heterocycles. The first-order valence-corrected chi connectivity index (χ1v) is 6.16. The summed E-state index contributed by atoms with van der Waals surface area (Å²) >= 11 is 6.04. The summed E-state index contributed by atoms with van der Waals surface area (Å²) in [4.78, 5) is 2.15. The van der Waals surface area contributed by atoms with Crippen molar-refractivity contribution < 1.29 is 4.74 Å². The van der Waals surface area contributed by atoms with Gasteiger partial charge in [-0.2, -0.15) is 0 Å². The van der Waals surface area contributed by atoms with Crippen LogP contribution in [0.4, 0.5) is 5.69 Å². The number of benzene rings is 1. The van der Waals surface area contributed by atoms with Crippen molar-refractivity contribution in [1.29, 1.82) is 0 Å². The highest BCUT2D eigenvalue weighted by Crippen LogP contribution is 2.25. The van der Waals surface area contributed by atoms with Crippen LogP contribution in [-0.2, 0) is 11.2 Å². The third-order valence-electron chi connectivity index (χ3n) is 2.63. The summed E-state index contributed by atoms with van der Waals surface area (Å²) < 4.78 is 5.09. The maximum atomic E-state index is 6.04. The molecular weight excluding hydrogens is 236 g/mol. The van der Waals surface area contributed by atoms with Crippen LogP contribution in [-0.4, -0.2) is 33.4 Å². The quantitative estimate of drug-likeness (QED) is 0.849. The summed E-state index contributed by atoms with van der Waals surface area (Å²) in [6.45, 7) is 3.54. The maximum Gasteiger partial charge on any atom is 0.0637 e. The van der Waals surface area contributed by atoms with Crippen molar-refractivity contribution in [2.24, 2.45) is 5.73 Å². The van der Waals surface area contributed by atoms with Crippen LogP contribution in [0.15, 0.2) is 18.2 Å². The lowest BCUT2D eigenvalue weighted by Gasteiger charge is -2.23. The molecule has 0 radical (unpaired) electrons. The Kier molecular flexibility index (Phi) is 5.75. The Balaban J connectivity index is 2.89. The van der Waals surface area contributed by atoms with E-state index in [1.807, 2.05) is 32.2 Å². The van der Waals surface area contributed by atoms with Gasteiger partial charge >= 0.3 is 0 Å². The fourth-order valence-electron chi connectivity index (χ4n) is 1.76. The molecule has 2 N–H and O–H groups in total. The van der Waals surface area contributed by atoms with Crippen LogP contribution in [0.1, 0.15) is 12.5 Å². The Labute approximate surface area is 109 Å². The van der Waals surface area contributed by atoms with Gasteiger partial charge in [0.15, 0.2) is 0 Å². The van der Waals surface area contributed by atoms with Crippen LogP contribution in [0.5, 0.6) is 0 Å². The van der Waals surface area contributed by atoms with Crippen molar-refractivity contribution in [1.82, 2.24) is 0 Å². The lowest BCUT2D eigenvalue weighted by Crippen LogP contribution is -2.25. The van der Waals surface area contributed by atoms with E-state index in [2.05, 4.69) is 4.90 Å². The summed E-state index contributed by atoms with van der Waals surface area (Å²) in [5, 5.41) is 0.748. The van der Waals surface area contributed by atoms with Gasteiger partial charge in [-0.25, -0.2) is 0 Å². The predicted molar refractivity (Wildman–Crippen MR) is 74.0 cm³/mol. The normalized spacial score (nSPS) is 12.5. The Morgan fingerprint density at radius 2 is 2.18 bits per heavy atom. The average Bonchev–Trinajstić information content (AvgIpc) is 2.27. The molecule has 0 saturated carbocycles. The highest BCUT2D eigenvalue weighted by Gasteiger charge is 2.09. The van der Waals surface area contributed by atoms with Crippen molar-refractivity contribution >= 4 is 17.3 Å². The molecule has 0 spiro atoms. The Bertz CT molecular complexity index is 355. The summed E-state index contributed by atoms with van der Waals surface area (Å²) in [6.07, 6.45) is 0.851. The number of ether oxygens (including phenoxy) is 1. The summed E-state index contributed by atoms with van der Waals surface area (Å²) in [5.74, 6) is 0. The minimum Gasteiger partial charge on any atom is -0.383 e. The zero-order valence-corrected chi connectivity index (χ0v) is 11.5. The molecule has 0 amide bonds. The number of likely N-dealkylation sites (N-methyl/N-ethyl adjacent to an activating group) is 1. The second-order valence-electron chi connectivity index (χ2n) is 4.37. The molecule has 0 heterocycles. The topological polar surface area (TPSA) is 38.5 Å². The number of hydrogen-bond donors (Lipinski definition) is 1. The first kappa shape index (κ1) is 14.3. The summed E-state index contributed by atoms with van der Waals surface area (Å²) in [5.41, 5.74) is 8.21. The second kappa shape index (κ2) is 6.84. The van der Waals surface area contributed by atoms with Crippen LogP contribution in [0.3, 0.4) is 0 Å². The lowest BCUT2D eigenvalue weighted by molar-refractivity contribution is 0.206. The van der Waals surface area contributed by atoms with Crippen LogP contribution < -0.4 is 10.6 Å². The van der Waals surface area contributed by atoms with Crippen LogP contribution in [0.25, 0.3) is 0 Å². The second-order valence-corrected chi connectivity index (χ2v) is 4.81. The van der Waals surface area contributed by atoms with Gasteiger partial charge in [0.1, 0.15) is 0 Å². The summed E-state index contributed by atoms with van der Waals surface area (Å²) in [7, 11) is 3.74. The van der Waals surface area contributed by atoms with E-state index in [9.17, 15) is 0 Å². The number of rotatable bonds is 6. The fraction of sp³-hybridized carbons (Fsp3) is 0.538. The molecule has 1 aromatic carbocycles. The molecule has 1 atom stereocenters. The molecule has 0 bridgehead atoms. The van der Waals surface area contributed by atoms with Crippen molar-refractivity contribution in [2.75, 3.05) is 32.2 Å². The minimum atomic E-state index is 0.144. The molecule has 1 aromatic rings. The van der Waals surface area contributed by atoms with Gasteiger partial charge in [-0.3, -0.25) is 0 Å². The van der Waals surface area contributed by atoms with Gasteiger partial charge in [0.05, 0.1) is 6.61 Å². The predicted octanol–water partition coefficient (Wildman–Crippen LogP) is 2.31. The number of nitrogens with zero attached hydrogens (tertiary/aromatic N) is 1. The van der Waals surface area contributed by atoms with Crippen molar-refractivity contribution in [3.05, 3.63) is 28.8 Å². The highest BCUT2D eigenvalue weighted by atomic mass is 35.5. The molecule has 1 rings (SSSR count). The van der Waals surface area contributed by atoms with Gasteiger partial charge < -0.3 is 15.4 Å². The number of methoxy groups -OCH3 is 1. The van der Waals surface area contributed by atoms with Gasteiger partial charge in [0, 0.05) is 37.5 Å². The van der Waals surface area contributed by atoms with E-state index in [1.165, 1.54) is 5.56 Å². The number of nitrogens with two attached hydrogens (primary N) is 1. The monoisotopic (exact) mass is 256 g/mol. The number of halogens is 1. The molecule has 0 aliphatic carbocycles. The van der Waals surface area contributed by atoms with E-state index in [-0.39, 0.29) is 6.04 Å². The first-order chi connectivity index (χ1) is 8.04. The Morgan fingerprint density at radius 3 is 2.76 bits per heavy atom. The molecule has 1 unspecified atom stereocenters. The first-order valence-electron chi connectivity index (χ1n) is 5.78. The Hall–Kier alpha value is -0.770. The zero-order valence-electron chi connectivity index (χ0n) is 10.7. The molecule has 4 heteroatoms. The molecule has 0 saturated heterocycles. The summed E-state index contributed by atoms with van der Waals surface area (Å²) in [6, 6.07) is 6.08. The largest absolute Gasteiger partial charge is 0.383 e. The van der Waals surface area contributed by atoms with E-state index in [0.29, 0.717) is 6.61 Å². The molecule has 17 heavy (non-hydrogen) atoms. The average molecular weight is 257 g/mol. The van der Waals surface area contributed by atoms with Gasteiger partial charge in [0.25, 0.3) is 0 Å². The van der Waals surface area contributed by atoms with Crippen LogP contribution in [0.2, 0.25) is 5.02 Å². The number of hydrogen-bond acceptors (Lipinski definition) is 3. The van der Waals surface area contributed by atoms with Crippen molar-refractivity contribution in [3.63, 3.8) is 0 Å². The van der Waals surface area contributed by atoms with Crippen molar-refractivity contribution in [3.8, 4) is 0 Å². The molecule has 96 valence electrons. The molecule has 3 nitrogen and oxygen atoms in total. The fourth-order valence-corrected chi connectivity index (χ4v) is 1.93. The van der Waals surface area contributed by atoms with E-state index in [4.69, 9.17) is 22.1 Å². The zero-order chi connectivity index (χ0) is 12.8. The van der Waals surface area contributed by atoms with E-state index >= 15 is 0 Å². The standard InChI is InChI=1S/C13H21ClN2O/c1-10(15)8-11-4-5-12(14)9-13(11)16(2)6-7-17-3/h4-5,9-10H,6-8,15H2,1-3H3. The SMILES string of the molecule is COCCN(C)c1cc(Cl)ccc1CC(C)N. The number of anilines is 1. The van der Waals surface area contributed by atoms with Crippen LogP contribution in [0, 0.1) is 0 Å². The molecular formula is C13H21ClN2O. The van der Waals surface area contributed by atoms with Crippen LogP contribution >= 0.6 is 11.6 Å². The van der Waals surface area contributed by atoms with E-state index in [0.717, 1.165) is 23.7 Å². The van der Waals surface area contributed by atoms with Gasteiger partial charge in [0.2, 0.25) is 0 Å². The van der Waals surface area contributed by atoms with Gasteiger partial charge in [-0.15, -0.1) is 0 Å². The van der Waals surface area contributed by atoms with E-state index in [1.54, 1.807) is 7.11 Å². The van der Waals surface area contributed by atoms with Gasteiger partial charge in [-0.05, 0) is 31.0 Å². The third kappa shape index (κ3) is 4.54. The lowest BCUT2D eigenvalue weighted by atomic mass is 10.0.